The van der Waals surface area contributed by atoms with Gasteiger partial charge in [0.1, 0.15) is 10.7 Å². The van der Waals surface area contributed by atoms with E-state index >= 15 is 0 Å². The molecule has 90 valence electrons. The lowest BCUT2D eigenvalue weighted by molar-refractivity contribution is 0.602. The third kappa shape index (κ3) is 1.71. The molecule has 0 aliphatic rings. The molecule has 0 radical (unpaired) electrons. The van der Waals surface area contributed by atoms with Crippen LogP contribution in [0, 0.1) is 0 Å². The molecule has 0 aliphatic heterocycles. The molecule has 0 N–H and O–H groups in total. The van der Waals surface area contributed by atoms with Crippen molar-refractivity contribution in [2.75, 3.05) is 0 Å². The summed E-state index contributed by atoms with van der Waals surface area (Å²) in [4.78, 5) is 15.7. The molecule has 5 heteroatoms. The molecule has 0 bridgehead atoms. The fourth-order valence-electron chi connectivity index (χ4n) is 1.80. The highest BCUT2D eigenvalue weighted by molar-refractivity contribution is 6.29. The van der Waals surface area contributed by atoms with Crippen molar-refractivity contribution in [2.24, 2.45) is 7.05 Å². The average Bonchev–Trinajstić information content (AvgIpc) is 2.82. The van der Waals surface area contributed by atoms with Gasteiger partial charge >= 0.3 is 0 Å². The third-order valence-electron chi connectivity index (χ3n) is 2.87. The van der Waals surface area contributed by atoms with E-state index in [0.717, 1.165) is 16.6 Å². The molecule has 2 aromatic heterocycles. The van der Waals surface area contributed by atoms with Gasteiger partial charge in [0.25, 0.3) is 5.56 Å². The zero-order valence-corrected chi connectivity index (χ0v) is 10.3. The van der Waals surface area contributed by atoms with Crippen LogP contribution in [-0.4, -0.2) is 9.55 Å². The maximum atomic E-state index is 11.7. The lowest BCUT2D eigenvalue weighted by Crippen LogP contribution is -2.15. The summed E-state index contributed by atoms with van der Waals surface area (Å²) in [5.41, 5.74) is 2.97. The van der Waals surface area contributed by atoms with Crippen molar-refractivity contribution in [1.82, 2.24) is 9.55 Å². The van der Waals surface area contributed by atoms with Gasteiger partial charge in [-0.2, -0.15) is 0 Å². The number of hydrogen-bond donors (Lipinski definition) is 0. The number of rotatable bonds is 1. The van der Waals surface area contributed by atoms with Crippen LogP contribution < -0.4 is 5.56 Å². The fourth-order valence-corrected chi connectivity index (χ4v) is 2.00. The molecule has 3 rings (SSSR count). The SMILES string of the molecule is Cn1c(Cl)cc(-c2ccc3ncoc3c2)cc1=O. The lowest BCUT2D eigenvalue weighted by atomic mass is 10.1. The Balaban J connectivity index is 2.22. The molecule has 1 aromatic carbocycles. The molecule has 0 spiro atoms. The highest BCUT2D eigenvalue weighted by Gasteiger charge is 2.06. The summed E-state index contributed by atoms with van der Waals surface area (Å²) in [6.07, 6.45) is 1.39. The van der Waals surface area contributed by atoms with Crippen LogP contribution in [0.3, 0.4) is 0 Å². The minimum Gasteiger partial charge on any atom is -0.443 e. The Kier molecular flexibility index (Phi) is 2.45. The van der Waals surface area contributed by atoms with E-state index in [1.54, 1.807) is 19.2 Å². The smallest absolute Gasteiger partial charge is 0.252 e. The summed E-state index contributed by atoms with van der Waals surface area (Å²) < 4.78 is 6.62. The van der Waals surface area contributed by atoms with Crippen LogP contribution in [0.5, 0.6) is 0 Å². The molecule has 18 heavy (non-hydrogen) atoms. The van der Waals surface area contributed by atoms with Crippen molar-refractivity contribution in [1.29, 1.82) is 0 Å². The van der Waals surface area contributed by atoms with Gasteiger partial charge in [0.15, 0.2) is 12.0 Å². The zero-order valence-electron chi connectivity index (χ0n) is 9.55. The molecule has 0 aliphatic carbocycles. The van der Waals surface area contributed by atoms with Crippen molar-refractivity contribution >= 4 is 22.7 Å². The second kappa shape index (κ2) is 3.99. The molecular formula is C13H9ClN2O2. The van der Waals surface area contributed by atoms with E-state index in [2.05, 4.69) is 4.98 Å². The second-order valence-corrected chi connectivity index (χ2v) is 4.39. The van der Waals surface area contributed by atoms with Gasteiger partial charge in [0.2, 0.25) is 0 Å². The first-order chi connectivity index (χ1) is 8.65. The first-order valence-electron chi connectivity index (χ1n) is 5.35. The highest BCUT2D eigenvalue weighted by Crippen LogP contribution is 2.24. The Bertz CT molecular complexity index is 789. The molecule has 0 amide bonds. The molecule has 0 atom stereocenters. The molecule has 0 saturated carbocycles. The minimum atomic E-state index is -0.143. The summed E-state index contributed by atoms with van der Waals surface area (Å²) >= 11 is 5.99. The second-order valence-electron chi connectivity index (χ2n) is 4.00. The van der Waals surface area contributed by atoms with Crippen molar-refractivity contribution in [3.05, 3.63) is 52.2 Å². The van der Waals surface area contributed by atoms with Gasteiger partial charge in [0, 0.05) is 13.1 Å². The van der Waals surface area contributed by atoms with Crippen LogP contribution in [0.15, 0.2) is 45.9 Å². The Morgan fingerprint density at radius 1 is 1.22 bits per heavy atom. The fraction of sp³-hybridized carbons (Fsp3) is 0.0769. The molecule has 3 aromatic rings. The van der Waals surface area contributed by atoms with Crippen molar-refractivity contribution < 1.29 is 4.42 Å². The Hall–Kier alpha value is -2.07. The van der Waals surface area contributed by atoms with E-state index in [1.165, 1.54) is 11.0 Å². The molecule has 4 nitrogen and oxygen atoms in total. The Labute approximate surface area is 107 Å². The van der Waals surface area contributed by atoms with Crippen molar-refractivity contribution in [3.8, 4) is 11.1 Å². The molecular weight excluding hydrogens is 252 g/mol. The number of oxazole rings is 1. The number of hydrogen-bond acceptors (Lipinski definition) is 3. The first kappa shape index (κ1) is 11.0. The number of halogens is 1. The number of nitrogens with zero attached hydrogens (tertiary/aromatic N) is 2. The van der Waals surface area contributed by atoms with E-state index in [4.69, 9.17) is 16.0 Å². The zero-order chi connectivity index (χ0) is 12.7. The van der Waals surface area contributed by atoms with Crippen LogP contribution in [0.1, 0.15) is 0 Å². The molecule has 0 unspecified atom stereocenters. The van der Waals surface area contributed by atoms with Gasteiger partial charge in [-0.3, -0.25) is 4.79 Å². The Morgan fingerprint density at radius 3 is 2.83 bits per heavy atom. The summed E-state index contributed by atoms with van der Waals surface area (Å²) in [6.45, 7) is 0. The van der Waals surface area contributed by atoms with E-state index in [0.29, 0.717) is 10.7 Å². The summed E-state index contributed by atoms with van der Waals surface area (Å²) in [6, 6.07) is 8.87. The average molecular weight is 261 g/mol. The topological polar surface area (TPSA) is 48.0 Å². The quantitative estimate of drug-likeness (QED) is 0.632. The largest absolute Gasteiger partial charge is 0.443 e. The van der Waals surface area contributed by atoms with Crippen LogP contribution >= 0.6 is 11.6 Å². The van der Waals surface area contributed by atoms with Gasteiger partial charge in [-0.15, -0.1) is 0 Å². The summed E-state index contributed by atoms with van der Waals surface area (Å²) in [5.74, 6) is 0. The first-order valence-corrected chi connectivity index (χ1v) is 5.73. The van der Waals surface area contributed by atoms with Crippen LogP contribution in [-0.2, 0) is 7.05 Å². The third-order valence-corrected chi connectivity index (χ3v) is 3.23. The predicted molar refractivity (Wildman–Crippen MR) is 69.7 cm³/mol. The number of aromatic nitrogens is 2. The lowest BCUT2D eigenvalue weighted by Gasteiger charge is -2.05. The van der Waals surface area contributed by atoms with E-state index in [1.807, 2.05) is 18.2 Å². The summed E-state index contributed by atoms with van der Waals surface area (Å²) in [5, 5.41) is 0.398. The van der Waals surface area contributed by atoms with Crippen LogP contribution in [0.25, 0.3) is 22.2 Å². The van der Waals surface area contributed by atoms with Gasteiger partial charge in [-0.25, -0.2) is 4.98 Å². The maximum Gasteiger partial charge on any atom is 0.252 e. The number of benzene rings is 1. The van der Waals surface area contributed by atoms with Gasteiger partial charge in [-0.1, -0.05) is 17.7 Å². The number of fused-ring (bicyclic) bond motifs is 1. The highest BCUT2D eigenvalue weighted by atomic mass is 35.5. The van der Waals surface area contributed by atoms with E-state index < -0.39 is 0 Å². The standard InChI is InChI=1S/C13H9ClN2O2/c1-16-12(14)5-9(6-13(16)17)8-2-3-10-11(4-8)18-7-15-10/h2-7H,1H3. The van der Waals surface area contributed by atoms with Gasteiger partial charge in [-0.05, 0) is 29.3 Å². The minimum absolute atomic E-state index is 0.143. The van der Waals surface area contributed by atoms with Crippen LogP contribution in [0.2, 0.25) is 5.15 Å². The summed E-state index contributed by atoms with van der Waals surface area (Å²) in [7, 11) is 1.63. The van der Waals surface area contributed by atoms with Crippen LogP contribution in [0.4, 0.5) is 0 Å². The van der Waals surface area contributed by atoms with Crippen molar-refractivity contribution in [2.45, 2.75) is 0 Å². The monoisotopic (exact) mass is 260 g/mol. The van der Waals surface area contributed by atoms with Gasteiger partial charge in [0.05, 0.1) is 0 Å². The predicted octanol–water partition coefficient (Wildman–Crippen LogP) is 2.85. The maximum absolute atomic E-state index is 11.7. The van der Waals surface area contributed by atoms with Crippen molar-refractivity contribution in [3.63, 3.8) is 0 Å². The molecule has 0 saturated heterocycles. The van der Waals surface area contributed by atoms with E-state index in [-0.39, 0.29) is 5.56 Å². The Morgan fingerprint density at radius 2 is 2.06 bits per heavy atom. The van der Waals surface area contributed by atoms with E-state index in [9.17, 15) is 4.79 Å². The normalized spacial score (nSPS) is 11.0. The number of pyridine rings is 1. The van der Waals surface area contributed by atoms with Gasteiger partial charge < -0.3 is 8.98 Å². The molecule has 2 heterocycles. The molecule has 0 fully saturated rings.